The third-order valence-corrected chi connectivity index (χ3v) is 2.97. The zero-order valence-corrected chi connectivity index (χ0v) is 11.0. The van der Waals surface area contributed by atoms with Crippen molar-refractivity contribution in [2.45, 2.75) is 64.7 Å². The SMILES string of the molecule is CCCCCCCCCCCN(C)C(N)=O. The van der Waals surface area contributed by atoms with Crippen LogP contribution in [-0.2, 0) is 0 Å². The summed E-state index contributed by atoms with van der Waals surface area (Å²) in [6.45, 7) is 3.04. The number of nitrogens with two attached hydrogens (primary N) is 1. The number of hydrogen-bond donors (Lipinski definition) is 1. The topological polar surface area (TPSA) is 46.3 Å². The molecule has 0 bridgehead atoms. The minimum absolute atomic E-state index is 0.320. The molecular formula is C13H28N2O. The lowest BCUT2D eigenvalue weighted by atomic mass is 10.1. The molecule has 3 nitrogen and oxygen atoms in total. The van der Waals surface area contributed by atoms with E-state index in [-0.39, 0.29) is 6.03 Å². The summed E-state index contributed by atoms with van der Waals surface area (Å²) in [4.78, 5) is 12.3. The highest BCUT2D eigenvalue weighted by Gasteiger charge is 2.01. The highest BCUT2D eigenvalue weighted by Crippen LogP contribution is 2.09. The Morgan fingerprint density at radius 2 is 1.38 bits per heavy atom. The molecule has 0 rings (SSSR count). The Kier molecular flexibility index (Phi) is 10.3. The first-order valence-corrected chi connectivity index (χ1v) is 6.69. The van der Waals surface area contributed by atoms with Gasteiger partial charge in [-0.3, -0.25) is 0 Å². The normalized spacial score (nSPS) is 10.4. The first-order chi connectivity index (χ1) is 7.68. The summed E-state index contributed by atoms with van der Waals surface area (Å²) in [6, 6.07) is -0.320. The Morgan fingerprint density at radius 3 is 1.81 bits per heavy atom. The Morgan fingerprint density at radius 1 is 0.938 bits per heavy atom. The smallest absolute Gasteiger partial charge is 0.314 e. The van der Waals surface area contributed by atoms with Crippen molar-refractivity contribution in [1.82, 2.24) is 4.90 Å². The molecule has 0 aliphatic carbocycles. The highest BCUT2D eigenvalue weighted by molar-refractivity contribution is 5.71. The quantitative estimate of drug-likeness (QED) is 0.571. The van der Waals surface area contributed by atoms with Gasteiger partial charge in [0, 0.05) is 13.6 Å². The van der Waals surface area contributed by atoms with Crippen molar-refractivity contribution in [2.24, 2.45) is 5.73 Å². The minimum Gasteiger partial charge on any atom is -0.351 e. The number of urea groups is 1. The Hall–Kier alpha value is -0.730. The lowest BCUT2D eigenvalue weighted by Crippen LogP contribution is -2.32. The van der Waals surface area contributed by atoms with Crippen molar-refractivity contribution < 1.29 is 4.79 Å². The number of rotatable bonds is 10. The molecule has 0 aliphatic heterocycles. The summed E-state index contributed by atoms with van der Waals surface area (Å²) in [5.74, 6) is 0. The fourth-order valence-corrected chi connectivity index (χ4v) is 1.77. The molecule has 2 amide bonds. The summed E-state index contributed by atoms with van der Waals surface area (Å²) >= 11 is 0. The van der Waals surface area contributed by atoms with E-state index in [1.165, 1.54) is 51.4 Å². The molecule has 0 spiro atoms. The molecule has 0 unspecified atom stereocenters. The van der Waals surface area contributed by atoms with Crippen molar-refractivity contribution in [3.8, 4) is 0 Å². The van der Waals surface area contributed by atoms with E-state index in [9.17, 15) is 4.79 Å². The van der Waals surface area contributed by atoms with Gasteiger partial charge in [0.25, 0.3) is 0 Å². The van der Waals surface area contributed by atoms with E-state index in [0.29, 0.717) is 0 Å². The predicted molar refractivity (Wildman–Crippen MR) is 69.4 cm³/mol. The van der Waals surface area contributed by atoms with Crippen molar-refractivity contribution in [3.63, 3.8) is 0 Å². The van der Waals surface area contributed by atoms with Gasteiger partial charge in [-0.15, -0.1) is 0 Å². The number of unbranched alkanes of at least 4 members (excludes halogenated alkanes) is 8. The van der Waals surface area contributed by atoms with Crippen LogP contribution in [0.4, 0.5) is 4.79 Å². The molecule has 0 aromatic carbocycles. The summed E-state index contributed by atoms with van der Waals surface area (Å²) in [5.41, 5.74) is 5.13. The molecule has 0 aromatic heterocycles. The fourth-order valence-electron chi connectivity index (χ4n) is 1.77. The van der Waals surface area contributed by atoms with E-state index in [1.807, 2.05) is 0 Å². The number of hydrogen-bond acceptors (Lipinski definition) is 1. The zero-order valence-electron chi connectivity index (χ0n) is 11.0. The van der Waals surface area contributed by atoms with Crippen LogP contribution in [0.3, 0.4) is 0 Å². The van der Waals surface area contributed by atoms with Gasteiger partial charge in [-0.05, 0) is 6.42 Å². The van der Waals surface area contributed by atoms with Crippen LogP contribution in [-0.4, -0.2) is 24.5 Å². The van der Waals surface area contributed by atoms with Crippen LogP contribution in [0.2, 0.25) is 0 Å². The van der Waals surface area contributed by atoms with Gasteiger partial charge in [-0.25, -0.2) is 4.79 Å². The molecule has 0 fully saturated rings. The van der Waals surface area contributed by atoms with Crippen LogP contribution < -0.4 is 5.73 Å². The van der Waals surface area contributed by atoms with E-state index in [1.54, 1.807) is 11.9 Å². The number of amides is 2. The number of nitrogens with zero attached hydrogens (tertiary/aromatic N) is 1. The van der Waals surface area contributed by atoms with Gasteiger partial charge in [0.15, 0.2) is 0 Å². The van der Waals surface area contributed by atoms with E-state index in [2.05, 4.69) is 6.92 Å². The van der Waals surface area contributed by atoms with Gasteiger partial charge in [0.2, 0.25) is 0 Å². The van der Waals surface area contributed by atoms with E-state index in [0.717, 1.165) is 13.0 Å². The van der Waals surface area contributed by atoms with Crippen molar-refractivity contribution in [1.29, 1.82) is 0 Å². The van der Waals surface area contributed by atoms with E-state index >= 15 is 0 Å². The third-order valence-electron chi connectivity index (χ3n) is 2.97. The van der Waals surface area contributed by atoms with Gasteiger partial charge in [0.05, 0.1) is 0 Å². The maximum Gasteiger partial charge on any atom is 0.314 e. The van der Waals surface area contributed by atoms with Crippen molar-refractivity contribution in [3.05, 3.63) is 0 Å². The molecular weight excluding hydrogens is 200 g/mol. The van der Waals surface area contributed by atoms with Crippen LogP contribution in [0.1, 0.15) is 64.7 Å². The second-order valence-electron chi connectivity index (χ2n) is 4.59. The van der Waals surface area contributed by atoms with E-state index < -0.39 is 0 Å². The average Bonchev–Trinajstić information content (AvgIpc) is 2.26. The average molecular weight is 228 g/mol. The molecule has 96 valence electrons. The zero-order chi connectivity index (χ0) is 12.2. The molecule has 0 saturated heterocycles. The van der Waals surface area contributed by atoms with Crippen LogP contribution in [0, 0.1) is 0 Å². The Bertz CT molecular complexity index is 171. The second-order valence-corrected chi connectivity index (χ2v) is 4.59. The molecule has 0 saturated carbocycles. The number of carbonyl (C=O) groups excluding carboxylic acids is 1. The summed E-state index contributed by atoms with van der Waals surface area (Å²) in [6.07, 6.45) is 11.8. The fraction of sp³-hybridized carbons (Fsp3) is 0.923. The van der Waals surface area contributed by atoms with E-state index in [4.69, 9.17) is 5.73 Å². The molecule has 0 radical (unpaired) electrons. The Balaban J connectivity index is 3.07. The summed E-state index contributed by atoms with van der Waals surface area (Å²) in [5, 5.41) is 0. The molecule has 0 heterocycles. The second kappa shape index (κ2) is 10.8. The van der Waals surface area contributed by atoms with Gasteiger partial charge >= 0.3 is 6.03 Å². The first kappa shape index (κ1) is 15.3. The molecule has 3 heteroatoms. The van der Waals surface area contributed by atoms with Crippen molar-refractivity contribution in [2.75, 3.05) is 13.6 Å². The highest BCUT2D eigenvalue weighted by atomic mass is 16.2. The van der Waals surface area contributed by atoms with Crippen LogP contribution in [0.5, 0.6) is 0 Å². The van der Waals surface area contributed by atoms with Gasteiger partial charge in [0.1, 0.15) is 0 Å². The summed E-state index contributed by atoms with van der Waals surface area (Å²) in [7, 11) is 1.76. The lowest BCUT2D eigenvalue weighted by Gasteiger charge is -2.13. The van der Waals surface area contributed by atoms with Crippen LogP contribution >= 0.6 is 0 Å². The lowest BCUT2D eigenvalue weighted by molar-refractivity contribution is 0.217. The molecule has 2 N–H and O–H groups in total. The molecule has 0 atom stereocenters. The third kappa shape index (κ3) is 9.81. The molecule has 0 aliphatic rings. The maximum atomic E-state index is 10.7. The monoisotopic (exact) mass is 228 g/mol. The number of carbonyl (C=O) groups is 1. The molecule has 0 aromatic rings. The van der Waals surface area contributed by atoms with Gasteiger partial charge < -0.3 is 10.6 Å². The van der Waals surface area contributed by atoms with Crippen molar-refractivity contribution >= 4 is 6.03 Å². The predicted octanol–water partition coefficient (Wildman–Crippen LogP) is 3.53. The minimum atomic E-state index is -0.320. The standard InChI is InChI=1S/C13H28N2O/c1-3-4-5-6-7-8-9-10-11-12-15(2)13(14)16/h3-12H2,1-2H3,(H2,14,16). The largest absolute Gasteiger partial charge is 0.351 e. The first-order valence-electron chi connectivity index (χ1n) is 6.69. The van der Waals surface area contributed by atoms with Gasteiger partial charge in [-0.2, -0.15) is 0 Å². The van der Waals surface area contributed by atoms with Crippen LogP contribution in [0.25, 0.3) is 0 Å². The maximum absolute atomic E-state index is 10.7. The van der Waals surface area contributed by atoms with Crippen LogP contribution in [0.15, 0.2) is 0 Å². The van der Waals surface area contributed by atoms with Gasteiger partial charge in [-0.1, -0.05) is 58.3 Å². The molecule has 16 heavy (non-hydrogen) atoms. The Labute approximate surface area is 100 Å². The number of primary amides is 1. The summed E-state index contributed by atoms with van der Waals surface area (Å²) < 4.78 is 0.